The molecule has 0 aromatic heterocycles. The summed E-state index contributed by atoms with van der Waals surface area (Å²) in [7, 11) is 0. The van der Waals surface area contributed by atoms with Gasteiger partial charge in [0.25, 0.3) is 0 Å². The van der Waals surface area contributed by atoms with Crippen LogP contribution in [0.25, 0.3) is 0 Å². The fourth-order valence-corrected chi connectivity index (χ4v) is 2.36. The molecule has 1 aliphatic heterocycles. The predicted octanol–water partition coefficient (Wildman–Crippen LogP) is 2.14. The lowest BCUT2D eigenvalue weighted by Crippen LogP contribution is -2.44. The van der Waals surface area contributed by atoms with Crippen LogP contribution in [0.4, 0.5) is 0 Å². The maximum Gasteiger partial charge on any atom is 0.0337 e. The van der Waals surface area contributed by atoms with Gasteiger partial charge in [-0.3, -0.25) is 0 Å². The molecule has 0 radical (unpaired) electrons. The Morgan fingerprint density at radius 1 is 1.20 bits per heavy atom. The Morgan fingerprint density at radius 2 is 1.87 bits per heavy atom. The van der Waals surface area contributed by atoms with Crippen LogP contribution in [0.15, 0.2) is 24.3 Å². The Kier molecular flexibility index (Phi) is 3.08. The van der Waals surface area contributed by atoms with E-state index >= 15 is 0 Å². The van der Waals surface area contributed by atoms with Crippen LogP contribution in [0.5, 0.6) is 0 Å². The Morgan fingerprint density at radius 3 is 2.47 bits per heavy atom. The van der Waals surface area contributed by atoms with Crippen LogP contribution in [-0.4, -0.2) is 12.1 Å². The molecular weight excluding hydrogens is 184 g/mol. The molecule has 0 spiro atoms. The second-order valence-corrected chi connectivity index (χ2v) is 4.76. The van der Waals surface area contributed by atoms with Crippen molar-refractivity contribution in [2.75, 3.05) is 0 Å². The summed E-state index contributed by atoms with van der Waals surface area (Å²) in [4.78, 5) is 0. The topological polar surface area (TPSA) is 38.0 Å². The first-order chi connectivity index (χ1) is 7.15. The van der Waals surface area contributed by atoms with Gasteiger partial charge in [0.05, 0.1) is 0 Å². The molecule has 1 aliphatic rings. The molecule has 0 bridgehead atoms. The van der Waals surface area contributed by atoms with Crippen LogP contribution in [0.2, 0.25) is 0 Å². The van der Waals surface area contributed by atoms with Gasteiger partial charge in [-0.2, -0.15) is 0 Å². The summed E-state index contributed by atoms with van der Waals surface area (Å²) in [5.41, 5.74) is 8.72. The molecular formula is C13H20N2. The van der Waals surface area contributed by atoms with Crippen LogP contribution in [0.3, 0.4) is 0 Å². The van der Waals surface area contributed by atoms with Crippen LogP contribution >= 0.6 is 0 Å². The van der Waals surface area contributed by atoms with Gasteiger partial charge in [-0.25, -0.2) is 0 Å². The molecule has 2 rings (SSSR count). The average Bonchev–Trinajstić information content (AvgIpc) is 2.17. The van der Waals surface area contributed by atoms with Crippen LogP contribution in [0, 0.1) is 6.92 Å². The molecule has 1 heterocycles. The van der Waals surface area contributed by atoms with Crippen LogP contribution < -0.4 is 11.1 Å². The van der Waals surface area contributed by atoms with E-state index in [1.54, 1.807) is 0 Å². The van der Waals surface area contributed by atoms with E-state index in [-0.39, 0.29) is 0 Å². The number of hydrogen-bond acceptors (Lipinski definition) is 2. The second kappa shape index (κ2) is 4.33. The van der Waals surface area contributed by atoms with Gasteiger partial charge in [0, 0.05) is 18.1 Å². The van der Waals surface area contributed by atoms with Gasteiger partial charge in [0.15, 0.2) is 0 Å². The summed E-state index contributed by atoms with van der Waals surface area (Å²) >= 11 is 0. The monoisotopic (exact) mass is 204 g/mol. The fourth-order valence-electron chi connectivity index (χ4n) is 2.36. The highest BCUT2D eigenvalue weighted by molar-refractivity contribution is 5.24. The van der Waals surface area contributed by atoms with Gasteiger partial charge in [-0.05, 0) is 32.3 Å². The van der Waals surface area contributed by atoms with E-state index in [0.29, 0.717) is 18.1 Å². The maximum atomic E-state index is 6.04. The van der Waals surface area contributed by atoms with Gasteiger partial charge in [0.1, 0.15) is 0 Å². The Bertz CT molecular complexity index is 308. The van der Waals surface area contributed by atoms with E-state index in [4.69, 9.17) is 5.73 Å². The molecule has 0 amide bonds. The molecule has 82 valence electrons. The summed E-state index contributed by atoms with van der Waals surface area (Å²) in [6, 6.07) is 10.1. The SMILES string of the molecule is Cc1ccc([C@@H]2C[C@@H](N)C[C@H](C)N2)cc1. The van der Waals surface area contributed by atoms with Crippen molar-refractivity contribution in [1.29, 1.82) is 0 Å². The molecule has 2 nitrogen and oxygen atoms in total. The minimum Gasteiger partial charge on any atom is -0.328 e. The molecule has 0 unspecified atom stereocenters. The van der Waals surface area contributed by atoms with E-state index in [9.17, 15) is 0 Å². The third-order valence-corrected chi connectivity index (χ3v) is 3.16. The number of nitrogens with two attached hydrogens (primary N) is 1. The van der Waals surface area contributed by atoms with Crippen molar-refractivity contribution in [3.63, 3.8) is 0 Å². The largest absolute Gasteiger partial charge is 0.328 e. The minimum absolute atomic E-state index is 0.340. The molecule has 3 N–H and O–H groups in total. The van der Waals surface area contributed by atoms with Crippen LogP contribution in [-0.2, 0) is 0 Å². The molecule has 0 saturated carbocycles. The smallest absolute Gasteiger partial charge is 0.0337 e. The second-order valence-electron chi connectivity index (χ2n) is 4.76. The van der Waals surface area contributed by atoms with E-state index in [1.165, 1.54) is 11.1 Å². The van der Waals surface area contributed by atoms with Crippen molar-refractivity contribution in [2.24, 2.45) is 5.73 Å². The minimum atomic E-state index is 0.340. The zero-order chi connectivity index (χ0) is 10.8. The third-order valence-electron chi connectivity index (χ3n) is 3.16. The molecule has 1 fully saturated rings. The lowest BCUT2D eigenvalue weighted by Gasteiger charge is -2.33. The number of nitrogens with one attached hydrogen (secondary N) is 1. The predicted molar refractivity (Wildman–Crippen MR) is 63.7 cm³/mol. The molecule has 1 saturated heterocycles. The Balaban J connectivity index is 2.12. The van der Waals surface area contributed by atoms with E-state index in [1.807, 2.05) is 0 Å². The Hall–Kier alpha value is -0.860. The van der Waals surface area contributed by atoms with Gasteiger partial charge in [0.2, 0.25) is 0 Å². The summed E-state index contributed by atoms with van der Waals surface area (Å²) in [6.07, 6.45) is 2.13. The van der Waals surface area contributed by atoms with E-state index in [0.717, 1.165) is 12.8 Å². The number of piperidine rings is 1. The zero-order valence-corrected chi connectivity index (χ0v) is 9.53. The number of hydrogen-bond donors (Lipinski definition) is 2. The third kappa shape index (κ3) is 2.58. The van der Waals surface area contributed by atoms with Gasteiger partial charge < -0.3 is 11.1 Å². The highest BCUT2D eigenvalue weighted by Crippen LogP contribution is 2.24. The zero-order valence-electron chi connectivity index (χ0n) is 9.53. The molecule has 3 atom stereocenters. The van der Waals surface area contributed by atoms with Crippen molar-refractivity contribution in [2.45, 2.75) is 44.8 Å². The van der Waals surface area contributed by atoms with Crippen molar-refractivity contribution < 1.29 is 0 Å². The van der Waals surface area contributed by atoms with Gasteiger partial charge in [-0.15, -0.1) is 0 Å². The van der Waals surface area contributed by atoms with Crippen molar-refractivity contribution in [3.8, 4) is 0 Å². The van der Waals surface area contributed by atoms with E-state index in [2.05, 4.69) is 43.4 Å². The van der Waals surface area contributed by atoms with E-state index < -0.39 is 0 Å². The van der Waals surface area contributed by atoms with Gasteiger partial charge in [-0.1, -0.05) is 29.8 Å². The molecule has 1 aromatic rings. The molecule has 0 aliphatic carbocycles. The van der Waals surface area contributed by atoms with Crippen molar-refractivity contribution in [1.82, 2.24) is 5.32 Å². The summed E-state index contributed by atoms with van der Waals surface area (Å²) < 4.78 is 0. The maximum absolute atomic E-state index is 6.04. The first-order valence-corrected chi connectivity index (χ1v) is 5.73. The van der Waals surface area contributed by atoms with Crippen molar-refractivity contribution >= 4 is 0 Å². The quantitative estimate of drug-likeness (QED) is 0.735. The first-order valence-electron chi connectivity index (χ1n) is 5.73. The number of aryl methyl sites for hydroxylation is 1. The fraction of sp³-hybridized carbons (Fsp3) is 0.538. The van der Waals surface area contributed by atoms with Gasteiger partial charge >= 0.3 is 0 Å². The first kappa shape index (κ1) is 10.7. The van der Waals surface area contributed by atoms with Crippen LogP contribution in [0.1, 0.15) is 36.9 Å². The molecule has 15 heavy (non-hydrogen) atoms. The normalized spacial score (nSPS) is 31.5. The molecule has 1 aromatic carbocycles. The van der Waals surface area contributed by atoms with Crippen molar-refractivity contribution in [3.05, 3.63) is 35.4 Å². The lowest BCUT2D eigenvalue weighted by molar-refractivity contribution is 0.307. The number of benzene rings is 1. The highest BCUT2D eigenvalue weighted by atomic mass is 15.0. The lowest BCUT2D eigenvalue weighted by atomic mass is 9.90. The number of rotatable bonds is 1. The summed E-state index contributed by atoms with van der Waals surface area (Å²) in [5.74, 6) is 0. The Labute approximate surface area is 91.9 Å². The summed E-state index contributed by atoms with van der Waals surface area (Å²) in [6.45, 7) is 4.33. The highest BCUT2D eigenvalue weighted by Gasteiger charge is 2.24. The average molecular weight is 204 g/mol. The standard InChI is InChI=1S/C13H20N2/c1-9-3-5-11(6-4-9)13-8-12(14)7-10(2)15-13/h3-6,10,12-13,15H,7-8,14H2,1-2H3/t10-,12-,13-/m0/s1. The molecule has 2 heteroatoms. The summed E-state index contributed by atoms with van der Waals surface area (Å²) in [5, 5.41) is 3.60.